The van der Waals surface area contributed by atoms with Crippen LogP contribution < -0.4 is 0 Å². The number of thioether (sulfide) groups is 1. The zero-order valence-electron chi connectivity index (χ0n) is 4.68. The van der Waals surface area contributed by atoms with Crippen LogP contribution in [0.2, 0.25) is 0 Å². The van der Waals surface area contributed by atoms with E-state index in [0.29, 0.717) is 6.61 Å². The van der Waals surface area contributed by atoms with Gasteiger partial charge in [-0.2, -0.15) is 0 Å². The monoisotopic (exact) mass is 132 g/mol. The van der Waals surface area contributed by atoms with Crippen molar-refractivity contribution in [1.82, 2.24) is 0 Å². The Morgan fingerprint density at radius 2 is 2.50 bits per heavy atom. The number of aliphatic hydroxyl groups is 1. The second-order valence-electron chi connectivity index (χ2n) is 1.53. The summed E-state index contributed by atoms with van der Waals surface area (Å²) in [6.07, 6.45) is 2.80. The van der Waals surface area contributed by atoms with Crippen LogP contribution in [-0.2, 0) is 4.74 Å². The van der Waals surface area contributed by atoms with Crippen molar-refractivity contribution in [3.05, 3.63) is 10.9 Å². The molecule has 0 radical (unpaired) electrons. The van der Waals surface area contributed by atoms with Crippen molar-refractivity contribution in [1.29, 1.82) is 0 Å². The molecular formula is C5H8O2S. The van der Waals surface area contributed by atoms with Crippen LogP contribution in [0, 0.1) is 0 Å². The van der Waals surface area contributed by atoms with Gasteiger partial charge >= 0.3 is 0 Å². The summed E-state index contributed by atoms with van der Waals surface area (Å²) in [5, 5.41) is 8.83. The lowest BCUT2D eigenvalue weighted by Crippen LogP contribution is -1.79. The van der Waals surface area contributed by atoms with E-state index in [9.17, 15) is 0 Å². The zero-order valence-corrected chi connectivity index (χ0v) is 5.49. The molecule has 0 bridgehead atoms. The molecular weight excluding hydrogens is 124 g/mol. The van der Waals surface area contributed by atoms with Crippen molar-refractivity contribution in [3.63, 3.8) is 0 Å². The van der Waals surface area contributed by atoms with Crippen LogP contribution in [0.25, 0.3) is 0 Å². The van der Waals surface area contributed by atoms with E-state index in [1.807, 2.05) is 6.26 Å². The highest BCUT2D eigenvalue weighted by Gasteiger charge is 2.12. The quantitative estimate of drug-likeness (QED) is 0.586. The van der Waals surface area contributed by atoms with Gasteiger partial charge in [0.2, 0.25) is 0 Å². The van der Waals surface area contributed by atoms with Crippen molar-refractivity contribution >= 4 is 11.8 Å². The molecule has 0 aliphatic carbocycles. The van der Waals surface area contributed by atoms with Crippen molar-refractivity contribution in [2.75, 3.05) is 12.9 Å². The second kappa shape index (κ2) is 2.31. The van der Waals surface area contributed by atoms with Gasteiger partial charge < -0.3 is 9.84 Å². The summed E-state index contributed by atoms with van der Waals surface area (Å²) in [5.41, 5.74) is 0. The molecule has 2 nitrogen and oxygen atoms in total. The molecule has 0 fully saturated rings. The van der Waals surface area contributed by atoms with Gasteiger partial charge in [0, 0.05) is 6.42 Å². The van der Waals surface area contributed by atoms with E-state index in [4.69, 9.17) is 9.84 Å². The Morgan fingerprint density at radius 3 is 2.75 bits per heavy atom. The van der Waals surface area contributed by atoms with E-state index in [-0.39, 0.29) is 5.95 Å². The molecule has 0 aromatic rings. The fourth-order valence-corrected chi connectivity index (χ4v) is 1.14. The lowest BCUT2D eigenvalue weighted by atomic mass is 10.5. The van der Waals surface area contributed by atoms with Gasteiger partial charge in [-0.05, 0) is 6.26 Å². The molecule has 3 heteroatoms. The third-order valence-corrected chi connectivity index (χ3v) is 1.92. The molecule has 0 aromatic heterocycles. The van der Waals surface area contributed by atoms with Crippen LogP contribution in [-0.4, -0.2) is 18.0 Å². The Labute approximate surface area is 52.5 Å². The maximum atomic E-state index is 8.83. The van der Waals surface area contributed by atoms with Gasteiger partial charge in [-0.15, -0.1) is 11.8 Å². The summed E-state index contributed by atoms with van der Waals surface area (Å²) < 4.78 is 4.77. The highest BCUT2D eigenvalue weighted by Crippen LogP contribution is 2.25. The molecule has 8 heavy (non-hydrogen) atoms. The molecule has 0 amide bonds. The van der Waals surface area contributed by atoms with Gasteiger partial charge in [0.25, 0.3) is 5.95 Å². The summed E-state index contributed by atoms with van der Waals surface area (Å²) in [4.78, 5) is 0.963. The van der Waals surface area contributed by atoms with E-state index in [0.717, 1.165) is 11.3 Å². The van der Waals surface area contributed by atoms with Crippen LogP contribution in [0.1, 0.15) is 6.42 Å². The molecule has 0 aromatic carbocycles. The summed E-state index contributed by atoms with van der Waals surface area (Å²) >= 11 is 1.55. The predicted molar refractivity (Wildman–Crippen MR) is 33.7 cm³/mol. The molecule has 46 valence electrons. The minimum absolute atomic E-state index is 0.123. The summed E-state index contributed by atoms with van der Waals surface area (Å²) in [6.45, 7) is 0.641. The summed E-state index contributed by atoms with van der Waals surface area (Å²) in [7, 11) is 0. The van der Waals surface area contributed by atoms with E-state index < -0.39 is 0 Å². The first-order chi connectivity index (χ1) is 3.84. The zero-order chi connectivity index (χ0) is 5.98. The maximum absolute atomic E-state index is 8.83. The van der Waals surface area contributed by atoms with Crippen molar-refractivity contribution < 1.29 is 9.84 Å². The third kappa shape index (κ3) is 0.916. The fourth-order valence-electron chi connectivity index (χ4n) is 0.617. The standard InChI is InChI=1S/C5H8O2S/c1-8-4-2-3-7-5(4)6/h6H,2-3H2,1H3. The van der Waals surface area contributed by atoms with Crippen molar-refractivity contribution in [2.24, 2.45) is 0 Å². The normalized spacial score (nSPS) is 19.1. The summed E-state index contributed by atoms with van der Waals surface area (Å²) in [5.74, 6) is 0.123. The van der Waals surface area contributed by atoms with Crippen LogP contribution in [0.4, 0.5) is 0 Å². The van der Waals surface area contributed by atoms with Gasteiger partial charge in [0.1, 0.15) is 0 Å². The molecule has 1 N–H and O–H groups in total. The third-order valence-electron chi connectivity index (χ3n) is 1.05. The molecule has 1 aliphatic rings. The fraction of sp³-hybridized carbons (Fsp3) is 0.600. The van der Waals surface area contributed by atoms with Gasteiger partial charge in [-0.25, -0.2) is 0 Å². The Morgan fingerprint density at radius 1 is 1.75 bits per heavy atom. The number of aliphatic hydroxyl groups excluding tert-OH is 1. The first kappa shape index (κ1) is 5.82. The van der Waals surface area contributed by atoms with Crippen molar-refractivity contribution in [2.45, 2.75) is 6.42 Å². The molecule has 1 aliphatic heterocycles. The van der Waals surface area contributed by atoms with Crippen LogP contribution >= 0.6 is 11.8 Å². The Bertz CT molecular complexity index is 120. The van der Waals surface area contributed by atoms with E-state index in [2.05, 4.69) is 0 Å². The first-order valence-corrected chi connectivity index (χ1v) is 3.66. The van der Waals surface area contributed by atoms with Crippen LogP contribution in [0.5, 0.6) is 0 Å². The minimum Gasteiger partial charge on any atom is -0.480 e. The SMILES string of the molecule is CSC1=C(O)OCC1. The highest BCUT2D eigenvalue weighted by molar-refractivity contribution is 8.02. The minimum atomic E-state index is 0.123. The molecule has 0 saturated carbocycles. The lowest BCUT2D eigenvalue weighted by Gasteiger charge is -1.91. The average Bonchev–Trinajstić information content (AvgIpc) is 2.14. The molecule has 1 rings (SSSR count). The number of hydrogen-bond acceptors (Lipinski definition) is 3. The smallest absolute Gasteiger partial charge is 0.286 e. The number of rotatable bonds is 1. The van der Waals surface area contributed by atoms with Gasteiger partial charge in [0.05, 0.1) is 11.5 Å². The van der Waals surface area contributed by atoms with Crippen molar-refractivity contribution in [3.8, 4) is 0 Å². The lowest BCUT2D eigenvalue weighted by molar-refractivity contribution is 0.118. The summed E-state index contributed by atoms with van der Waals surface area (Å²) in [6, 6.07) is 0. The molecule has 1 heterocycles. The predicted octanol–water partition coefficient (Wildman–Crippen LogP) is 1.50. The topological polar surface area (TPSA) is 29.5 Å². The first-order valence-electron chi connectivity index (χ1n) is 2.43. The Balaban J connectivity index is 2.58. The van der Waals surface area contributed by atoms with E-state index >= 15 is 0 Å². The molecule has 0 spiro atoms. The molecule has 0 saturated heterocycles. The Hall–Kier alpha value is -0.310. The molecule has 0 atom stereocenters. The number of ether oxygens (including phenoxy) is 1. The van der Waals surface area contributed by atoms with Gasteiger partial charge in [-0.3, -0.25) is 0 Å². The van der Waals surface area contributed by atoms with E-state index in [1.54, 1.807) is 11.8 Å². The average molecular weight is 132 g/mol. The van der Waals surface area contributed by atoms with Gasteiger partial charge in [-0.1, -0.05) is 0 Å². The second-order valence-corrected chi connectivity index (χ2v) is 2.43. The van der Waals surface area contributed by atoms with Crippen LogP contribution in [0.3, 0.4) is 0 Å². The number of hydrogen-bond donors (Lipinski definition) is 1. The maximum Gasteiger partial charge on any atom is 0.286 e. The highest BCUT2D eigenvalue weighted by atomic mass is 32.2. The van der Waals surface area contributed by atoms with E-state index in [1.165, 1.54) is 0 Å². The molecule has 0 unspecified atom stereocenters. The van der Waals surface area contributed by atoms with Crippen LogP contribution in [0.15, 0.2) is 10.9 Å². The van der Waals surface area contributed by atoms with Gasteiger partial charge in [0.15, 0.2) is 0 Å². The largest absolute Gasteiger partial charge is 0.480 e. The Kier molecular flexibility index (Phi) is 1.68.